The van der Waals surface area contributed by atoms with Gasteiger partial charge < -0.3 is 10.0 Å². The van der Waals surface area contributed by atoms with Crippen molar-refractivity contribution in [3.05, 3.63) is 59.2 Å². The first kappa shape index (κ1) is 17.6. The van der Waals surface area contributed by atoms with Crippen molar-refractivity contribution in [3.8, 4) is 17.2 Å². The van der Waals surface area contributed by atoms with E-state index in [0.717, 1.165) is 49.4 Å². The molecule has 0 aliphatic carbocycles. The number of benzene rings is 2. The minimum absolute atomic E-state index is 0.0371. The van der Waals surface area contributed by atoms with Crippen LogP contribution in [0.15, 0.2) is 42.5 Å². The first-order chi connectivity index (χ1) is 12.2. The van der Waals surface area contributed by atoms with E-state index in [4.69, 9.17) is 5.11 Å². The number of likely N-dealkylation sites (N-methyl/N-ethyl adjacent to an activating group) is 1. The third kappa shape index (κ3) is 4.46. The lowest BCUT2D eigenvalue weighted by molar-refractivity contribution is 0.269. The smallest absolute Gasteiger partial charge is 0.0998 e. The monoisotopic (exact) mass is 335 g/mol. The molecule has 3 rings (SSSR count). The molecule has 25 heavy (non-hydrogen) atoms. The fourth-order valence-electron chi connectivity index (χ4n) is 3.34. The molecule has 0 amide bonds. The van der Waals surface area contributed by atoms with Gasteiger partial charge >= 0.3 is 0 Å². The van der Waals surface area contributed by atoms with Crippen LogP contribution in [0.25, 0.3) is 11.1 Å². The Labute approximate surface area is 149 Å². The van der Waals surface area contributed by atoms with Crippen molar-refractivity contribution in [2.45, 2.75) is 19.6 Å². The zero-order valence-corrected chi connectivity index (χ0v) is 14.8. The van der Waals surface area contributed by atoms with Gasteiger partial charge in [-0.25, -0.2) is 0 Å². The summed E-state index contributed by atoms with van der Waals surface area (Å²) < 4.78 is 0. The highest BCUT2D eigenvalue weighted by Crippen LogP contribution is 2.25. The van der Waals surface area contributed by atoms with E-state index in [1.165, 1.54) is 12.0 Å². The second-order valence-electron chi connectivity index (χ2n) is 6.78. The molecule has 2 aromatic rings. The van der Waals surface area contributed by atoms with Gasteiger partial charge in [-0.3, -0.25) is 4.90 Å². The van der Waals surface area contributed by atoms with Crippen LogP contribution in [-0.2, 0) is 13.2 Å². The number of nitriles is 1. The van der Waals surface area contributed by atoms with Gasteiger partial charge in [-0.2, -0.15) is 5.26 Å². The molecule has 0 bridgehead atoms. The van der Waals surface area contributed by atoms with Gasteiger partial charge in [0.1, 0.15) is 0 Å². The first-order valence-electron chi connectivity index (χ1n) is 8.83. The van der Waals surface area contributed by atoms with E-state index in [9.17, 15) is 5.26 Å². The van der Waals surface area contributed by atoms with Crippen LogP contribution in [0.1, 0.15) is 23.1 Å². The van der Waals surface area contributed by atoms with Crippen molar-refractivity contribution >= 4 is 0 Å². The van der Waals surface area contributed by atoms with Gasteiger partial charge in [-0.15, -0.1) is 0 Å². The van der Waals surface area contributed by atoms with Crippen LogP contribution in [0.3, 0.4) is 0 Å². The average Bonchev–Trinajstić information content (AvgIpc) is 2.86. The van der Waals surface area contributed by atoms with Gasteiger partial charge in [0.15, 0.2) is 0 Å². The Bertz CT molecular complexity index is 749. The lowest BCUT2D eigenvalue weighted by atomic mass is 9.97. The van der Waals surface area contributed by atoms with Crippen molar-refractivity contribution < 1.29 is 5.11 Å². The molecule has 1 N–H and O–H groups in total. The van der Waals surface area contributed by atoms with Crippen LogP contribution in [0.5, 0.6) is 0 Å². The van der Waals surface area contributed by atoms with Crippen LogP contribution < -0.4 is 0 Å². The molecule has 0 radical (unpaired) electrons. The predicted molar refractivity (Wildman–Crippen MR) is 99.9 cm³/mol. The minimum atomic E-state index is 0.0371. The van der Waals surface area contributed by atoms with E-state index in [2.05, 4.69) is 29.0 Å². The average molecular weight is 335 g/mol. The highest BCUT2D eigenvalue weighted by molar-refractivity contribution is 5.71. The Hall–Kier alpha value is -2.19. The Balaban J connectivity index is 1.78. The van der Waals surface area contributed by atoms with Crippen LogP contribution in [-0.4, -0.2) is 48.1 Å². The summed E-state index contributed by atoms with van der Waals surface area (Å²) in [6, 6.07) is 16.3. The summed E-state index contributed by atoms with van der Waals surface area (Å²) in [6.45, 7) is 5.37. The molecule has 1 aliphatic heterocycles. The van der Waals surface area contributed by atoms with E-state index < -0.39 is 0 Å². The van der Waals surface area contributed by atoms with E-state index in [1.807, 2.05) is 36.4 Å². The molecule has 1 saturated heterocycles. The summed E-state index contributed by atoms with van der Waals surface area (Å²) in [5, 5.41) is 18.7. The number of nitrogens with zero attached hydrogens (tertiary/aromatic N) is 3. The molecule has 1 heterocycles. The van der Waals surface area contributed by atoms with Crippen LogP contribution >= 0.6 is 0 Å². The molecule has 0 spiro atoms. The Morgan fingerprint density at radius 1 is 1.00 bits per heavy atom. The molecule has 1 aliphatic rings. The first-order valence-corrected chi connectivity index (χ1v) is 8.83. The van der Waals surface area contributed by atoms with Gasteiger partial charge in [-0.1, -0.05) is 36.4 Å². The van der Waals surface area contributed by atoms with Crippen LogP contribution in [0.4, 0.5) is 0 Å². The fourth-order valence-corrected chi connectivity index (χ4v) is 3.34. The van der Waals surface area contributed by atoms with Crippen LogP contribution in [0, 0.1) is 11.3 Å². The predicted octanol–water partition coefficient (Wildman–Crippen LogP) is 2.86. The lowest BCUT2D eigenvalue weighted by Crippen LogP contribution is -2.28. The molecule has 2 aromatic carbocycles. The van der Waals surface area contributed by atoms with Crippen molar-refractivity contribution in [3.63, 3.8) is 0 Å². The number of aliphatic hydroxyl groups excluding tert-OH is 1. The number of aliphatic hydroxyl groups is 1. The number of rotatable bonds is 4. The number of hydrogen-bond acceptors (Lipinski definition) is 4. The standard InChI is InChI=1S/C21H25N3O/c1-23-9-2-10-24(12-11-23)15-18-5-8-21(20(13-18)14-22)19-6-3-17(16-25)4-7-19/h3-8,13,25H,2,9-12,15-16H2,1H3. The highest BCUT2D eigenvalue weighted by atomic mass is 16.3. The normalized spacial score (nSPS) is 16.4. The second-order valence-corrected chi connectivity index (χ2v) is 6.78. The highest BCUT2D eigenvalue weighted by Gasteiger charge is 2.13. The van der Waals surface area contributed by atoms with Crippen LogP contribution in [0.2, 0.25) is 0 Å². The van der Waals surface area contributed by atoms with Gasteiger partial charge in [0.25, 0.3) is 0 Å². The zero-order chi connectivity index (χ0) is 17.6. The maximum absolute atomic E-state index is 9.58. The lowest BCUT2D eigenvalue weighted by Gasteiger charge is -2.20. The zero-order valence-electron chi connectivity index (χ0n) is 14.8. The van der Waals surface area contributed by atoms with E-state index in [0.29, 0.717) is 5.56 Å². The molecule has 0 unspecified atom stereocenters. The molecule has 0 saturated carbocycles. The summed E-state index contributed by atoms with van der Waals surface area (Å²) in [5.74, 6) is 0. The maximum atomic E-state index is 9.58. The summed E-state index contributed by atoms with van der Waals surface area (Å²) in [4.78, 5) is 4.84. The summed E-state index contributed by atoms with van der Waals surface area (Å²) >= 11 is 0. The quantitative estimate of drug-likeness (QED) is 0.933. The molecule has 4 nitrogen and oxygen atoms in total. The summed E-state index contributed by atoms with van der Waals surface area (Å²) in [7, 11) is 2.17. The summed E-state index contributed by atoms with van der Waals surface area (Å²) in [5.41, 5.74) is 4.74. The molecular formula is C21H25N3O. The number of hydrogen-bond donors (Lipinski definition) is 1. The Kier molecular flexibility index (Phi) is 5.83. The SMILES string of the molecule is CN1CCCN(Cc2ccc(-c3ccc(CO)cc3)c(C#N)c2)CC1. The topological polar surface area (TPSA) is 50.5 Å². The molecule has 4 heteroatoms. The molecule has 0 atom stereocenters. The van der Waals surface area contributed by atoms with Crippen molar-refractivity contribution in [2.24, 2.45) is 0 Å². The fraction of sp³-hybridized carbons (Fsp3) is 0.381. The molecule has 130 valence electrons. The molecule has 1 fully saturated rings. The van der Waals surface area contributed by atoms with Crippen molar-refractivity contribution in [1.29, 1.82) is 5.26 Å². The van der Waals surface area contributed by atoms with E-state index >= 15 is 0 Å². The van der Waals surface area contributed by atoms with Gasteiger partial charge in [-0.05, 0) is 54.9 Å². The van der Waals surface area contributed by atoms with Crippen molar-refractivity contribution in [2.75, 3.05) is 33.2 Å². The minimum Gasteiger partial charge on any atom is -0.392 e. The van der Waals surface area contributed by atoms with E-state index in [1.54, 1.807) is 0 Å². The van der Waals surface area contributed by atoms with Gasteiger partial charge in [0.05, 0.1) is 18.2 Å². The Morgan fingerprint density at radius 2 is 1.76 bits per heavy atom. The van der Waals surface area contributed by atoms with Gasteiger partial charge in [0.2, 0.25) is 0 Å². The third-order valence-corrected chi connectivity index (χ3v) is 4.87. The van der Waals surface area contributed by atoms with E-state index in [-0.39, 0.29) is 6.61 Å². The Morgan fingerprint density at radius 3 is 2.48 bits per heavy atom. The maximum Gasteiger partial charge on any atom is 0.0998 e. The molecular weight excluding hydrogens is 310 g/mol. The van der Waals surface area contributed by atoms with Gasteiger partial charge in [0, 0.05) is 19.6 Å². The summed E-state index contributed by atoms with van der Waals surface area (Å²) in [6.07, 6.45) is 1.19. The third-order valence-electron chi connectivity index (χ3n) is 4.87. The second kappa shape index (κ2) is 8.26. The molecule has 0 aromatic heterocycles. The van der Waals surface area contributed by atoms with Crippen molar-refractivity contribution in [1.82, 2.24) is 9.80 Å². The largest absolute Gasteiger partial charge is 0.392 e.